The van der Waals surface area contributed by atoms with Crippen LogP contribution in [0.1, 0.15) is 38.5 Å². The summed E-state index contributed by atoms with van der Waals surface area (Å²) in [6.07, 6.45) is 6.82. The van der Waals surface area contributed by atoms with Gasteiger partial charge in [-0.05, 0) is 12.8 Å². The lowest BCUT2D eigenvalue weighted by atomic mass is 9.87. The third-order valence-electron chi connectivity index (χ3n) is 4.36. The highest BCUT2D eigenvalue weighted by molar-refractivity contribution is 8.00. The van der Waals surface area contributed by atoms with E-state index in [4.69, 9.17) is 10.5 Å². The molecule has 1 saturated heterocycles. The van der Waals surface area contributed by atoms with Gasteiger partial charge in [-0.25, -0.2) is 0 Å². The van der Waals surface area contributed by atoms with Crippen molar-refractivity contribution in [3.63, 3.8) is 0 Å². The minimum absolute atomic E-state index is 0.135. The van der Waals surface area contributed by atoms with Crippen LogP contribution in [0.15, 0.2) is 0 Å². The molecule has 2 rings (SSSR count). The predicted octanol–water partition coefficient (Wildman–Crippen LogP) is 1.63. The molecule has 2 N–H and O–H groups in total. The lowest BCUT2D eigenvalue weighted by Crippen LogP contribution is -2.50. The number of rotatable bonds is 4. The van der Waals surface area contributed by atoms with E-state index in [1.165, 1.54) is 32.1 Å². The maximum atomic E-state index is 12.3. The van der Waals surface area contributed by atoms with Gasteiger partial charge in [0, 0.05) is 37.2 Å². The first kappa shape index (κ1) is 15.1. The minimum Gasteiger partial charge on any atom is -0.380 e. The molecule has 1 unspecified atom stereocenters. The van der Waals surface area contributed by atoms with Gasteiger partial charge in [0.1, 0.15) is 0 Å². The Balaban J connectivity index is 1.91. The van der Waals surface area contributed by atoms with Crippen molar-refractivity contribution in [1.82, 2.24) is 4.90 Å². The number of hydrogen-bond donors (Lipinski definition) is 1. The molecule has 0 aromatic carbocycles. The number of nitrogens with zero attached hydrogens (tertiary/aromatic N) is 1. The number of carbonyl (C=O) groups is 1. The molecule has 1 heterocycles. The van der Waals surface area contributed by atoms with E-state index in [-0.39, 0.29) is 12.0 Å². The largest absolute Gasteiger partial charge is 0.380 e. The van der Waals surface area contributed by atoms with E-state index >= 15 is 0 Å². The van der Waals surface area contributed by atoms with Gasteiger partial charge < -0.3 is 15.4 Å². The van der Waals surface area contributed by atoms with Gasteiger partial charge in [-0.15, -0.1) is 0 Å². The number of methoxy groups -OCH3 is 1. The molecule has 4 nitrogen and oxygen atoms in total. The Hall–Kier alpha value is -0.260. The van der Waals surface area contributed by atoms with Crippen molar-refractivity contribution in [1.29, 1.82) is 0 Å². The summed E-state index contributed by atoms with van der Waals surface area (Å²) < 4.78 is 5.56. The average Bonchev–Trinajstić information content (AvgIpc) is 2.45. The molecule has 1 spiro atoms. The summed E-state index contributed by atoms with van der Waals surface area (Å²) in [5.41, 5.74) is 5.60. The van der Waals surface area contributed by atoms with Crippen molar-refractivity contribution in [2.24, 2.45) is 5.73 Å². The highest BCUT2D eigenvalue weighted by Crippen LogP contribution is 2.42. The molecule has 1 atom stereocenters. The van der Waals surface area contributed by atoms with Crippen LogP contribution in [0.4, 0.5) is 0 Å². The summed E-state index contributed by atoms with van der Waals surface area (Å²) in [5.74, 6) is 1.29. The van der Waals surface area contributed by atoms with Gasteiger partial charge >= 0.3 is 0 Å². The fraction of sp³-hybridized carbons (Fsp3) is 0.929. The summed E-state index contributed by atoms with van der Waals surface area (Å²) in [5, 5.41) is 0. The average molecular weight is 286 g/mol. The Morgan fingerprint density at radius 1 is 1.42 bits per heavy atom. The number of amides is 1. The Morgan fingerprint density at radius 2 is 2.16 bits per heavy atom. The topological polar surface area (TPSA) is 55.6 Å². The number of carbonyl (C=O) groups excluding carboxylic acids is 1. The summed E-state index contributed by atoms with van der Waals surface area (Å²) in [4.78, 5) is 14.4. The van der Waals surface area contributed by atoms with Crippen molar-refractivity contribution < 1.29 is 9.53 Å². The monoisotopic (exact) mass is 286 g/mol. The number of hydrogen-bond acceptors (Lipinski definition) is 4. The maximum Gasteiger partial charge on any atom is 0.225 e. The fourth-order valence-corrected chi connectivity index (χ4v) is 4.71. The number of ether oxygens (including phenoxy) is 1. The van der Waals surface area contributed by atoms with Crippen LogP contribution in [0.5, 0.6) is 0 Å². The Bertz CT molecular complexity index is 296. The first-order valence-electron chi connectivity index (χ1n) is 7.34. The zero-order valence-corrected chi connectivity index (χ0v) is 12.7. The highest BCUT2D eigenvalue weighted by Gasteiger charge is 2.38. The molecule has 5 heteroatoms. The minimum atomic E-state index is -0.135. The van der Waals surface area contributed by atoms with Crippen molar-refractivity contribution >= 4 is 17.7 Å². The maximum absolute atomic E-state index is 12.3. The summed E-state index contributed by atoms with van der Waals surface area (Å²) in [7, 11) is 1.62. The molecule has 1 aliphatic carbocycles. The molecular weight excluding hydrogens is 260 g/mol. The summed E-state index contributed by atoms with van der Waals surface area (Å²) in [6.45, 7) is 2.22. The highest BCUT2D eigenvalue weighted by atomic mass is 32.2. The zero-order chi connectivity index (χ0) is 13.7. The fourth-order valence-electron chi connectivity index (χ4n) is 3.14. The summed E-state index contributed by atoms with van der Waals surface area (Å²) in [6, 6.07) is 0. The van der Waals surface area contributed by atoms with Gasteiger partial charge in [-0.3, -0.25) is 4.79 Å². The van der Waals surface area contributed by atoms with Crippen LogP contribution in [-0.4, -0.2) is 54.2 Å². The standard InChI is InChI=1S/C14H26N2O2S/c1-18-12(10-15)9-13(17)16-7-8-19-14(11-16)5-3-2-4-6-14/h12H,2-11,15H2,1H3. The van der Waals surface area contributed by atoms with E-state index in [1.807, 2.05) is 4.90 Å². The molecule has 0 aromatic heterocycles. The lowest BCUT2D eigenvalue weighted by molar-refractivity contribution is -0.134. The quantitative estimate of drug-likeness (QED) is 0.853. The second-order valence-corrected chi connectivity index (χ2v) is 7.27. The summed E-state index contributed by atoms with van der Waals surface area (Å²) >= 11 is 2.09. The molecule has 2 aliphatic rings. The van der Waals surface area contributed by atoms with Gasteiger partial charge in [0.15, 0.2) is 0 Å². The second kappa shape index (κ2) is 6.95. The SMILES string of the molecule is COC(CN)CC(=O)N1CCSC2(CCCCC2)C1. The second-order valence-electron chi connectivity index (χ2n) is 5.70. The lowest BCUT2D eigenvalue weighted by Gasteiger charge is -2.44. The number of nitrogens with two attached hydrogens (primary N) is 1. The zero-order valence-electron chi connectivity index (χ0n) is 11.9. The molecule has 1 saturated carbocycles. The van der Waals surface area contributed by atoms with E-state index in [0.717, 1.165) is 18.8 Å². The van der Waals surface area contributed by atoms with Crippen LogP contribution in [0.2, 0.25) is 0 Å². The molecule has 19 heavy (non-hydrogen) atoms. The van der Waals surface area contributed by atoms with Crippen LogP contribution in [0.25, 0.3) is 0 Å². The third kappa shape index (κ3) is 3.86. The Morgan fingerprint density at radius 3 is 2.79 bits per heavy atom. The van der Waals surface area contributed by atoms with Gasteiger partial charge in [-0.2, -0.15) is 11.8 Å². The Kier molecular flexibility index (Phi) is 5.54. The Labute approximate surface area is 120 Å². The molecular formula is C14H26N2O2S. The van der Waals surface area contributed by atoms with E-state index in [0.29, 0.717) is 17.7 Å². The molecule has 0 radical (unpaired) electrons. The van der Waals surface area contributed by atoms with Crippen molar-refractivity contribution in [2.45, 2.75) is 49.4 Å². The molecule has 1 aliphatic heterocycles. The number of thioether (sulfide) groups is 1. The van der Waals surface area contributed by atoms with Crippen LogP contribution >= 0.6 is 11.8 Å². The normalized spacial score (nSPS) is 24.4. The van der Waals surface area contributed by atoms with Gasteiger partial charge in [0.25, 0.3) is 0 Å². The molecule has 1 amide bonds. The van der Waals surface area contributed by atoms with Gasteiger partial charge in [0.05, 0.1) is 12.5 Å². The van der Waals surface area contributed by atoms with Crippen LogP contribution < -0.4 is 5.73 Å². The van der Waals surface area contributed by atoms with Gasteiger partial charge in [0.2, 0.25) is 5.91 Å². The van der Waals surface area contributed by atoms with Crippen molar-refractivity contribution in [2.75, 3.05) is 32.5 Å². The molecule has 0 bridgehead atoms. The van der Waals surface area contributed by atoms with E-state index < -0.39 is 0 Å². The van der Waals surface area contributed by atoms with Crippen LogP contribution in [0, 0.1) is 0 Å². The van der Waals surface area contributed by atoms with Crippen molar-refractivity contribution in [3.05, 3.63) is 0 Å². The van der Waals surface area contributed by atoms with E-state index in [1.54, 1.807) is 7.11 Å². The van der Waals surface area contributed by atoms with E-state index in [9.17, 15) is 4.79 Å². The van der Waals surface area contributed by atoms with Crippen LogP contribution in [0.3, 0.4) is 0 Å². The molecule has 2 fully saturated rings. The van der Waals surface area contributed by atoms with Crippen molar-refractivity contribution in [3.8, 4) is 0 Å². The third-order valence-corrected chi connectivity index (χ3v) is 5.90. The first-order valence-corrected chi connectivity index (χ1v) is 8.32. The predicted molar refractivity (Wildman–Crippen MR) is 79.3 cm³/mol. The van der Waals surface area contributed by atoms with Crippen LogP contribution in [-0.2, 0) is 9.53 Å². The smallest absolute Gasteiger partial charge is 0.225 e. The first-order chi connectivity index (χ1) is 9.19. The molecule has 110 valence electrons. The van der Waals surface area contributed by atoms with E-state index in [2.05, 4.69) is 11.8 Å². The molecule has 0 aromatic rings. The van der Waals surface area contributed by atoms with Gasteiger partial charge in [-0.1, -0.05) is 19.3 Å².